The molecule has 0 aliphatic rings. The molecule has 1 unspecified atom stereocenters. The fraction of sp³-hybridized carbons (Fsp3) is 0.222. The van der Waals surface area contributed by atoms with Crippen molar-refractivity contribution in [1.29, 1.82) is 0 Å². The van der Waals surface area contributed by atoms with Crippen LogP contribution in [0.25, 0.3) is 0 Å². The van der Waals surface area contributed by atoms with Crippen LogP contribution in [0.1, 0.15) is 5.56 Å². The summed E-state index contributed by atoms with van der Waals surface area (Å²) in [7, 11) is 0. The van der Waals surface area contributed by atoms with E-state index in [0.717, 1.165) is 12.1 Å². The minimum atomic E-state index is -1.03. The van der Waals surface area contributed by atoms with E-state index in [1.807, 2.05) is 0 Å². The van der Waals surface area contributed by atoms with E-state index in [4.69, 9.17) is 11.5 Å². The van der Waals surface area contributed by atoms with Crippen LogP contribution >= 0.6 is 12.6 Å². The van der Waals surface area contributed by atoms with Crippen LogP contribution in [0.4, 0.5) is 14.5 Å². The van der Waals surface area contributed by atoms with Crippen LogP contribution in [0.15, 0.2) is 12.1 Å². The highest BCUT2D eigenvalue weighted by atomic mass is 32.1. The van der Waals surface area contributed by atoms with E-state index in [9.17, 15) is 13.6 Å². The summed E-state index contributed by atoms with van der Waals surface area (Å²) in [5.74, 6) is -2.04. The van der Waals surface area contributed by atoms with Crippen molar-refractivity contribution in [3.8, 4) is 0 Å². The summed E-state index contributed by atoms with van der Waals surface area (Å²) in [6.07, 6.45) is 0.0331. The molecule has 1 rings (SSSR count). The Hall–Kier alpha value is -1.14. The summed E-state index contributed by atoms with van der Waals surface area (Å²) in [4.78, 5) is 10.7. The molecule has 0 heterocycles. The number of thiol groups is 1. The van der Waals surface area contributed by atoms with Crippen LogP contribution in [-0.2, 0) is 11.2 Å². The van der Waals surface area contributed by atoms with E-state index >= 15 is 0 Å². The molecule has 0 amide bonds. The van der Waals surface area contributed by atoms with Crippen molar-refractivity contribution in [2.24, 2.45) is 5.73 Å². The van der Waals surface area contributed by atoms with Gasteiger partial charge in [-0.15, -0.1) is 12.6 Å². The second kappa shape index (κ2) is 4.59. The van der Waals surface area contributed by atoms with Gasteiger partial charge in [0, 0.05) is 11.8 Å². The Labute approximate surface area is 90.9 Å². The summed E-state index contributed by atoms with van der Waals surface area (Å²) in [5, 5.41) is -0.529. The van der Waals surface area contributed by atoms with E-state index in [2.05, 4.69) is 12.6 Å². The number of carbonyl (C=O) groups excluding carboxylic acids is 1. The fourth-order valence-corrected chi connectivity index (χ4v) is 1.20. The largest absolute Gasteiger partial charge is 0.398 e. The maximum absolute atomic E-state index is 12.8. The Morgan fingerprint density at radius 2 is 1.93 bits per heavy atom. The van der Waals surface area contributed by atoms with Crippen LogP contribution in [-0.4, -0.2) is 11.2 Å². The van der Waals surface area contributed by atoms with E-state index in [-0.39, 0.29) is 12.1 Å². The van der Waals surface area contributed by atoms with Gasteiger partial charge in [-0.05, 0) is 18.1 Å². The maximum Gasteiger partial charge on any atom is 0.202 e. The number of nitrogens with two attached hydrogens (primary N) is 2. The van der Waals surface area contributed by atoms with E-state index in [0.29, 0.717) is 5.56 Å². The van der Waals surface area contributed by atoms with Gasteiger partial charge in [0.15, 0.2) is 11.6 Å². The van der Waals surface area contributed by atoms with Crippen LogP contribution in [0.2, 0.25) is 0 Å². The summed E-state index contributed by atoms with van der Waals surface area (Å²) >= 11 is 3.53. The normalized spacial score (nSPS) is 12.5. The molecule has 6 heteroatoms. The predicted octanol–water partition coefficient (Wildman–Crippen LogP) is 0.873. The molecule has 0 aliphatic carbocycles. The highest BCUT2D eigenvalue weighted by Gasteiger charge is 2.14. The summed E-state index contributed by atoms with van der Waals surface area (Å²) < 4.78 is 25.5. The van der Waals surface area contributed by atoms with Gasteiger partial charge in [-0.1, -0.05) is 0 Å². The fourth-order valence-electron chi connectivity index (χ4n) is 1.10. The molecule has 0 spiro atoms. The minimum Gasteiger partial charge on any atom is -0.398 e. The van der Waals surface area contributed by atoms with E-state index in [1.165, 1.54) is 0 Å². The van der Waals surface area contributed by atoms with Gasteiger partial charge in [-0.25, -0.2) is 8.78 Å². The molecule has 0 saturated carbocycles. The number of hydrogen-bond donors (Lipinski definition) is 3. The van der Waals surface area contributed by atoms with Gasteiger partial charge in [-0.3, -0.25) is 4.79 Å². The summed E-state index contributed by atoms with van der Waals surface area (Å²) in [6, 6.07) is 0.919. The molecule has 0 radical (unpaired) electrons. The number of rotatable bonds is 3. The van der Waals surface area contributed by atoms with Gasteiger partial charge >= 0.3 is 0 Å². The molecular weight excluding hydrogens is 222 g/mol. The number of benzene rings is 1. The minimum absolute atomic E-state index is 0.0331. The third-order valence-electron chi connectivity index (χ3n) is 1.94. The lowest BCUT2D eigenvalue weighted by molar-refractivity contribution is -0.111. The maximum atomic E-state index is 12.8. The molecule has 82 valence electrons. The Kier molecular flexibility index (Phi) is 3.65. The van der Waals surface area contributed by atoms with Crippen molar-refractivity contribution in [3.05, 3.63) is 29.3 Å². The Balaban J connectivity index is 2.95. The lowest BCUT2D eigenvalue weighted by Crippen LogP contribution is -2.29. The van der Waals surface area contributed by atoms with E-state index in [1.54, 1.807) is 0 Å². The molecule has 0 bridgehead atoms. The van der Waals surface area contributed by atoms with Gasteiger partial charge in [0.2, 0.25) is 5.12 Å². The molecule has 0 fully saturated rings. The molecule has 1 aromatic rings. The molecule has 1 atom stereocenters. The number of anilines is 1. The van der Waals surface area contributed by atoms with Gasteiger partial charge in [-0.2, -0.15) is 0 Å². The second-order valence-corrected chi connectivity index (χ2v) is 3.55. The zero-order chi connectivity index (χ0) is 11.6. The van der Waals surface area contributed by atoms with Crippen molar-refractivity contribution in [2.75, 3.05) is 5.73 Å². The van der Waals surface area contributed by atoms with Crippen molar-refractivity contribution >= 4 is 23.4 Å². The van der Waals surface area contributed by atoms with Gasteiger partial charge in [0.1, 0.15) is 0 Å². The molecular formula is C9H10F2N2OS. The first-order chi connectivity index (χ1) is 6.91. The van der Waals surface area contributed by atoms with E-state index < -0.39 is 22.8 Å². The van der Waals surface area contributed by atoms with Crippen molar-refractivity contribution in [2.45, 2.75) is 12.5 Å². The Morgan fingerprint density at radius 3 is 2.47 bits per heavy atom. The molecule has 15 heavy (non-hydrogen) atoms. The van der Waals surface area contributed by atoms with Gasteiger partial charge in [0.05, 0.1) is 6.04 Å². The number of carbonyl (C=O) groups is 1. The van der Waals surface area contributed by atoms with Gasteiger partial charge < -0.3 is 11.5 Å². The molecule has 0 saturated heterocycles. The van der Waals surface area contributed by atoms with Crippen LogP contribution in [0, 0.1) is 11.6 Å². The first-order valence-electron chi connectivity index (χ1n) is 4.13. The number of hydrogen-bond acceptors (Lipinski definition) is 3. The predicted molar refractivity (Wildman–Crippen MR) is 56.4 cm³/mol. The zero-order valence-corrected chi connectivity index (χ0v) is 8.60. The lowest BCUT2D eigenvalue weighted by atomic mass is 10.1. The lowest BCUT2D eigenvalue weighted by Gasteiger charge is -2.10. The van der Waals surface area contributed by atoms with Crippen molar-refractivity contribution < 1.29 is 13.6 Å². The highest BCUT2D eigenvalue weighted by molar-refractivity contribution is 7.96. The molecule has 3 nitrogen and oxygen atoms in total. The SMILES string of the molecule is Nc1cc(F)c(F)cc1CC(N)C(=O)S. The molecule has 0 aromatic heterocycles. The van der Waals surface area contributed by atoms with Crippen LogP contribution < -0.4 is 11.5 Å². The van der Waals surface area contributed by atoms with Crippen LogP contribution in [0.5, 0.6) is 0 Å². The number of nitrogen functional groups attached to an aromatic ring is 1. The summed E-state index contributed by atoms with van der Waals surface area (Å²) in [6.45, 7) is 0. The Morgan fingerprint density at radius 1 is 1.40 bits per heavy atom. The second-order valence-electron chi connectivity index (χ2n) is 3.11. The average Bonchev–Trinajstić information content (AvgIpc) is 2.13. The monoisotopic (exact) mass is 232 g/mol. The van der Waals surface area contributed by atoms with Crippen molar-refractivity contribution in [3.63, 3.8) is 0 Å². The smallest absolute Gasteiger partial charge is 0.202 e. The van der Waals surface area contributed by atoms with Crippen molar-refractivity contribution in [1.82, 2.24) is 0 Å². The standard InChI is InChI=1S/C9H10F2N2OS/c10-5-1-4(2-8(13)9(14)15)7(12)3-6(5)11/h1,3,8H,2,12-13H2,(H,14,15). The zero-order valence-electron chi connectivity index (χ0n) is 7.71. The first-order valence-corrected chi connectivity index (χ1v) is 4.58. The quantitative estimate of drug-likeness (QED) is 0.535. The molecule has 1 aromatic carbocycles. The van der Waals surface area contributed by atoms with Crippen LogP contribution in [0.3, 0.4) is 0 Å². The summed E-state index contributed by atoms with van der Waals surface area (Å²) in [5.41, 5.74) is 11.2. The average molecular weight is 232 g/mol. The molecule has 4 N–H and O–H groups in total. The molecule has 0 aliphatic heterocycles. The van der Waals surface area contributed by atoms with Gasteiger partial charge in [0.25, 0.3) is 0 Å². The third-order valence-corrected chi connectivity index (χ3v) is 2.27. The topological polar surface area (TPSA) is 69.1 Å². The highest BCUT2D eigenvalue weighted by Crippen LogP contribution is 2.18. The Bertz CT molecular complexity index is 398. The third kappa shape index (κ3) is 2.90. The number of halogens is 2. The first kappa shape index (κ1) is 11.9.